The molecule has 0 aliphatic heterocycles. The van der Waals surface area contributed by atoms with Crippen molar-refractivity contribution < 1.29 is 4.84 Å². The number of para-hydroxylation sites is 1. The Labute approximate surface area is 116 Å². The van der Waals surface area contributed by atoms with Crippen molar-refractivity contribution in [3.63, 3.8) is 0 Å². The molecule has 0 saturated carbocycles. The second kappa shape index (κ2) is 5.17. The van der Waals surface area contributed by atoms with Crippen LogP contribution < -0.4 is 10.4 Å². The number of hydrogen-bond donors (Lipinski definition) is 0. The van der Waals surface area contributed by atoms with Crippen molar-refractivity contribution in [1.29, 1.82) is 0 Å². The van der Waals surface area contributed by atoms with Gasteiger partial charge in [-0.25, -0.2) is 4.98 Å². The Morgan fingerprint density at radius 2 is 1.75 bits per heavy atom. The Bertz CT molecular complexity index is 794. The Morgan fingerprint density at radius 1 is 1.05 bits per heavy atom. The Kier molecular flexibility index (Phi) is 3.21. The predicted octanol–water partition coefficient (Wildman–Crippen LogP) is 2.51. The van der Waals surface area contributed by atoms with E-state index in [2.05, 4.69) is 4.98 Å². The molecular weight excluding hydrogens is 252 g/mol. The Morgan fingerprint density at radius 3 is 2.50 bits per heavy atom. The predicted molar refractivity (Wildman–Crippen MR) is 78.6 cm³/mol. The van der Waals surface area contributed by atoms with Crippen molar-refractivity contribution in [3.05, 3.63) is 65.0 Å². The summed E-state index contributed by atoms with van der Waals surface area (Å²) < 4.78 is 1.28. The van der Waals surface area contributed by atoms with E-state index >= 15 is 0 Å². The van der Waals surface area contributed by atoms with Gasteiger partial charge in [-0.15, -0.1) is 4.73 Å². The molecule has 0 fully saturated rings. The molecule has 20 heavy (non-hydrogen) atoms. The molecule has 0 bridgehead atoms. The highest BCUT2D eigenvalue weighted by Gasteiger charge is 2.12. The largest absolute Gasteiger partial charge is 0.409 e. The van der Waals surface area contributed by atoms with E-state index in [0.717, 1.165) is 5.56 Å². The van der Waals surface area contributed by atoms with E-state index in [1.165, 1.54) is 4.73 Å². The van der Waals surface area contributed by atoms with Gasteiger partial charge in [0.15, 0.2) is 5.82 Å². The van der Waals surface area contributed by atoms with Crippen LogP contribution in [0.3, 0.4) is 0 Å². The van der Waals surface area contributed by atoms with Crippen molar-refractivity contribution in [3.8, 4) is 11.4 Å². The fraction of sp³-hybridized carbons (Fsp3) is 0.125. The summed E-state index contributed by atoms with van der Waals surface area (Å²) in [6, 6.07) is 16.8. The third-order valence-corrected chi connectivity index (χ3v) is 3.03. The highest BCUT2D eigenvalue weighted by Crippen LogP contribution is 2.17. The maximum Gasteiger partial charge on any atom is 0.294 e. The second-order valence-corrected chi connectivity index (χ2v) is 4.34. The molecule has 0 N–H and O–H groups in total. The van der Waals surface area contributed by atoms with E-state index in [9.17, 15) is 4.79 Å². The first-order valence-corrected chi connectivity index (χ1v) is 6.51. The summed E-state index contributed by atoms with van der Waals surface area (Å²) >= 11 is 0. The average molecular weight is 266 g/mol. The number of nitrogens with zero attached hydrogens (tertiary/aromatic N) is 2. The summed E-state index contributed by atoms with van der Waals surface area (Å²) in [6.07, 6.45) is 0. The van der Waals surface area contributed by atoms with Crippen LogP contribution in [0.4, 0.5) is 0 Å². The highest BCUT2D eigenvalue weighted by atomic mass is 16.7. The van der Waals surface area contributed by atoms with Crippen LogP contribution in [0.5, 0.6) is 0 Å². The molecule has 3 rings (SSSR count). The van der Waals surface area contributed by atoms with Crippen molar-refractivity contribution in [1.82, 2.24) is 9.71 Å². The van der Waals surface area contributed by atoms with Crippen molar-refractivity contribution >= 4 is 10.9 Å². The number of rotatable bonds is 3. The first kappa shape index (κ1) is 12.4. The van der Waals surface area contributed by atoms with Gasteiger partial charge in [0.05, 0.1) is 10.9 Å². The third kappa shape index (κ3) is 2.05. The van der Waals surface area contributed by atoms with E-state index in [0.29, 0.717) is 23.3 Å². The van der Waals surface area contributed by atoms with E-state index < -0.39 is 0 Å². The molecule has 100 valence electrons. The first-order chi connectivity index (χ1) is 9.81. The van der Waals surface area contributed by atoms with Crippen LogP contribution in [0.15, 0.2) is 59.4 Å². The lowest BCUT2D eigenvalue weighted by atomic mass is 10.2. The van der Waals surface area contributed by atoms with Crippen LogP contribution in [0.1, 0.15) is 6.92 Å². The molecule has 0 saturated heterocycles. The zero-order valence-electron chi connectivity index (χ0n) is 11.1. The molecule has 0 aliphatic rings. The quantitative estimate of drug-likeness (QED) is 0.731. The lowest BCUT2D eigenvalue weighted by Gasteiger charge is -2.12. The molecule has 4 nitrogen and oxygen atoms in total. The van der Waals surface area contributed by atoms with Crippen LogP contribution in [0.2, 0.25) is 0 Å². The molecule has 3 aromatic rings. The minimum atomic E-state index is -0.184. The van der Waals surface area contributed by atoms with Gasteiger partial charge in [0.25, 0.3) is 5.56 Å². The van der Waals surface area contributed by atoms with E-state index in [1.54, 1.807) is 6.07 Å². The smallest absolute Gasteiger partial charge is 0.294 e. The number of fused-ring (bicyclic) bond motifs is 1. The van der Waals surface area contributed by atoms with Crippen LogP contribution >= 0.6 is 0 Å². The van der Waals surface area contributed by atoms with E-state index in [-0.39, 0.29) is 5.56 Å². The monoisotopic (exact) mass is 266 g/mol. The minimum Gasteiger partial charge on any atom is -0.409 e. The summed E-state index contributed by atoms with van der Waals surface area (Å²) in [7, 11) is 0. The van der Waals surface area contributed by atoms with Gasteiger partial charge in [-0.1, -0.05) is 42.5 Å². The molecule has 0 atom stereocenters. The molecule has 0 spiro atoms. The van der Waals surface area contributed by atoms with Crippen molar-refractivity contribution in [2.24, 2.45) is 0 Å². The second-order valence-electron chi connectivity index (χ2n) is 4.34. The molecule has 0 radical (unpaired) electrons. The Balaban J connectivity index is 2.35. The summed E-state index contributed by atoms with van der Waals surface area (Å²) in [5, 5.41) is 0.556. The van der Waals surface area contributed by atoms with Gasteiger partial charge in [-0.05, 0) is 19.1 Å². The van der Waals surface area contributed by atoms with Crippen LogP contribution in [0.25, 0.3) is 22.3 Å². The highest BCUT2D eigenvalue weighted by molar-refractivity contribution is 5.79. The summed E-state index contributed by atoms with van der Waals surface area (Å²) in [5.41, 5.74) is 1.34. The van der Waals surface area contributed by atoms with Gasteiger partial charge in [-0.2, -0.15) is 0 Å². The zero-order valence-corrected chi connectivity index (χ0v) is 11.1. The average Bonchev–Trinajstić information content (AvgIpc) is 2.51. The summed E-state index contributed by atoms with van der Waals surface area (Å²) in [4.78, 5) is 22.5. The number of benzene rings is 2. The lowest BCUT2D eigenvalue weighted by Crippen LogP contribution is -2.29. The molecule has 2 aromatic carbocycles. The maximum atomic E-state index is 12.5. The molecule has 0 amide bonds. The summed E-state index contributed by atoms with van der Waals surface area (Å²) in [6.45, 7) is 2.25. The molecule has 1 aromatic heterocycles. The van der Waals surface area contributed by atoms with Gasteiger partial charge >= 0.3 is 0 Å². The van der Waals surface area contributed by atoms with Crippen LogP contribution in [-0.2, 0) is 0 Å². The van der Waals surface area contributed by atoms with Crippen LogP contribution in [-0.4, -0.2) is 16.3 Å². The van der Waals surface area contributed by atoms with Crippen LogP contribution in [0, 0.1) is 0 Å². The van der Waals surface area contributed by atoms with Crippen molar-refractivity contribution in [2.75, 3.05) is 6.61 Å². The third-order valence-electron chi connectivity index (χ3n) is 3.03. The molecule has 0 aliphatic carbocycles. The van der Waals surface area contributed by atoms with Crippen molar-refractivity contribution in [2.45, 2.75) is 6.92 Å². The van der Waals surface area contributed by atoms with E-state index in [4.69, 9.17) is 4.84 Å². The number of aromatic nitrogens is 2. The lowest BCUT2D eigenvalue weighted by molar-refractivity contribution is 0.116. The van der Waals surface area contributed by atoms with Gasteiger partial charge in [0, 0.05) is 5.56 Å². The fourth-order valence-electron chi connectivity index (χ4n) is 2.13. The zero-order chi connectivity index (χ0) is 13.9. The SMILES string of the molecule is CCOn1c(-c2ccccc2)nc2ccccc2c1=O. The number of hydrogen-bond acceptors (Lipinski definition) is 3. The maximum absolute atomic E-state index is 12.5. The fourth-order valence-corrected chi connectivity index (χ4v) is 2.13. The standard InChI is InChI=1S/C16H14N2O2/c1-2-20-18-15(12-8-4-3-5-9-12)17-14-11-7-6-10-13(14)16(18)19/h3-11H,2H2,1H3. The van der Waals surface area contributed by atoms with Gasteiger partial charge < -0.3 is 4.84 Å². The Hall–Kier alpha value is -2.62. The first-order valence-electron chi connectivity index (χ1n) is 6.51. The van der Waals surface area contributed by atoms with E-state index in [1.807, 2.05) is 55.5 Å². The molecule has 1 heterocycles. The molecule has 0 unspecified atom stereocenters. The topological polar surface area (TPSA) is 44.1 Å². The molecular formula is C16H14N2O2. The molecule has 4 heteroatoms. The minimum absolute atomic E-state index is 0.184. The van der Waals surface area contributed by atoms with Gasteiger partial charge in [-0.3, -0.25) is 4.79 Å². The summed E-state index contributed by atoms with van der Waals surface area (Å²) in [5.74, 6) is 0.524. The van der Waals surface area contributed by atoms with Gasteiger partial charge in [0.2, 0.25) is 0 Å². The van der Waals surface area contributed by atoms with Gasteiger partial charge in [0.1, 0.15) is 6.61 Å². The normalized spacial score (nSPS) is 10.7.